The summed E-state index contributed by atoms with van der Waals surface area (Å²) in [5.74, 6) is 0.668. The molecule has 0 unspecified atom stereocenters. The van der Waals surface area contributed by atoms with E-state index in [9.17, 15) is 8.42 Å². The van der Waals surface area contributed by atoms with Gasteiger partial charge in [-0.3, -0.25) is 0 Å². The molecule has 8 heteroatoms. The van der Waals surface area contributed by atoms with Gasteiger partial charge in [0.1, 0.15) is 10.7 Å². The van der Waals surface area contributed by atoms with Crippen molar-refractivity contribution in [1.82, 2.24) is 9.29 Å². The molecule has 0 aromatic carbocycles. The van der Waals surface area contributed by atoms with Gasteiger partial charge >= 0.3 is 0 Å². The topological polar surface area (TPSA) is 62.3 Å². The number of aromatic nitrogens is 1. The molecule has 0 saturated heterocycles. The monoisotopic (exact) mass is 389 g/mol. The molecule has 21 heavy (non-hydrogen) atoms. The lowest BCUT2D eigenvalue weighted by atomic mass is 10.4. The van der Waals surface area contributed by atoms with E-state index in [4.69, 9.17) is 0 Å². The summed E-state index contributed by atoms with van der Waals surface area (Å²) in [4.78, 5) is 5.28. The number of anilines is 1. The predicted octanol–water partition coefficient (Wildman–Crippen LogP) is 3.16. The van der Waals surface area contributed by atoms with Gasteiger partial charge in [-0.05, 0) is 41.1 Å². The number of pyridine rings is 1. The van der Waals surface area contributed by atoms with Crippen LogP contribution in [0.15, 0.2) is 39.1 Å². The maximum atomic E-state index is 12.5. The molecule has 114 valence electrons. The number of nitrogens with one attached hydrogen (secondary N) is 1. The van der Waals surface area contributed by atoms with E-state index in [2.05, 4.69) is 26.2 Å². The van der Waals surface area contributed by atoms with Gasteiger partial charge in [0.05, 0.1) is 0 Å². The van der Waals surface area contributed by atoms with Crippen LogP contribution in [0.25, 0.3) is 0 Å². The molecule has 0 atom stereocenters. The molecule has 2 aromatic rings. The van der Waals surface area contributed by atoms with E-state index in [0.29, 0.717) is 12.4 Å². The van der Waals surface area contributed by atoms with E-state index in [1.165, 1.54) is 21.8 Å². The van der Waals surface area contributed by atoms with Gasteiger partial charge in [0.25, 0.3) is 0 Å². The van der Waals surface area contributed by atoms with Gasteiger partial charge in [-0.25, -0.2) is 13.4 Å². The van der Waals surface area contributed by atoms with Crippen LogP contribution < -0.4 is 5.32 Å². The molecule has 0 radical (unpaired) electrons. The Kier molecular flexibility index (Phi) is 5.37. The molecular weight excluding hydrogens is 374 g/mol. The highest BCUT2D eigenvalue weighted by atomic mass is 79.9. The summed E-state index contributed by atoms with van der Waals surface area (Å²) < 4.78 is 27.2. The first-order valence-electron chi connectivity index (χ1n) is 6.32. The molecule has 2 heterocycles. The molecule has 0 aliphatic heterocycles. The van der Waals surface area contributed by atoms with Crippen molar-refractivity contribution in [2.45, 2.75) is 18.4 Å². The SMILES string of the molecule is CCNc1ccc(S(=O)(=O)N(C)Cc2cc(Br)cs2)cn1. The third kappa shape index (κ3) is 4.03. The number of nitrogens with zero attached hydrogens (tertiary/aromatic N) is 2. The molecule has 0 aliphatic carbocycles. The fourth-order valence-electron chi connectivity index (χ4n) is 1.74. The van der Waals surface area contributed by atoms with Gasteiger partial charge < -0.3 is 5.32 Å². The molecule has 5 nitrogen and oxygen atoms in total. The number of halogens is 1. The van der Waals surface area contributed by atoms with Crippen LogP contribution >= 0.6 is 27.3 Å². The van der Waals surface area contributed by atoms with E-state index in [0.717, 1.165) is 15.9 Å². The second kappa shape index (κ2) is 6.87. The standard InChI is InChI=1S/C13H16BrN3O2S2/c1-3-15-13-5-4-12(7-16-13)21(18,19)17(2)8-11-6-10(14)9-20-11/h4-7,9H,3,8H2,1-2H3,(H,15,16). The minimum atomic E-state index is -3.53. The van der Waals surface area contributed by atoms with Gasteiger partial charge in [0, 0.05) is 41.1 Å². The summed E-state index contributed by atoms with van der Waals surface area (Å²) in [6.45, 7) is 3.04. The molecule has 2 rings (SSSR count). The summed E-state index contributed by atoms with van der Waals surface area (Å²) >= 11 is 4.89. The second-order valence-electron chi connectivity index (χ2n) is 4.40. The van der Waals surface area contributed by atoms with Crippen molar-refractivity contribution in [1.29, 1.82) is 0 Å². The van der Waals surface area contributed by atoms with Crippen LogP contribution in [0.4, 0.5) is 5.82 Å². The number of hydrogen-bond acceptors (Lipinski definition) is 5. The first-order valence-corrected chi connectivity index (χ1v) is 9.44. The number of rotatable bonds is 6. The van der Waals surface area contributed by atoms with E-state index in [1.54, 1.807) is 19.2 Å². The summed E-state index contributed by atoms with van der Waals surface area (Å²) in [5.41, 5.74) is 0. The number of thiophene rings is 1. The average Bonchev–Trinajstić information content (AvgIpc) is 2.85. The van der Waals surface area contributed by atoms with Crippen LogP contribution in [0.1, 0.15) is 11.8 Å². The predicted molar refractivity (Wildman–Crippen MR) is 89.1 cm³/mol. The summed E-state index contributed by atoms with van der Waals surface area (Å²) in [6, 6.07) is 5.16. The van der Waals surface area contributed by atoms with E-state index in [-0.39, 0.29) is 4.90 Å². The first-order chi connectivity index (χ1) is 9.93. The highest BCUT2D eigenvalue weighted by molar-refractivity contribution is 9.10. The van der Waals surface area contributed by atoms with Crippen LogP contribution in [0.3, 0.4) is 0 Å². The van der Waals surface area contributed by atoms with E-state index < -0.39 is 10.0 Å². The summed E-state index contributed by atoms with van der Waals surface area (Å²) in [5, 5.41) is 4.97. The molecule has 0 bridgehead atoms. The first kappa shape index (κ1) is 16.4. The Balaban J connectivity index is 2.16. The van der Waals surface area contributed by atoms with Crippen molar-refractivity contribution >= 4 is 43.1 Å². The van der Waals surface area contributed by atoms with Crippen LogP contribution in [0.2, 0.25) is 0 Å². The zero-order chi connectivity index (χ0) is 15.5. The van der Waals surface area contributed by atoms with Gasteiger partial charge in [-0.1, -0.05) is 0 Å². The van der Waals surface area contributed by atoms with Crippen molar-refractivity contribution in [2.75, 3.05) is 18.9 Å². The third-order valence-corrected chi connectivity index (χ3v) is 6.27. The molecule has 2 aromatic heterocycles. The lowest BCUT2D eigenvalue weighted by Crippen LogP contribution is -2.26. The van der Waals surface area contributed by atoms with E-state index in [1.807, 2.05) is 18.4 Å². The maximum absolute atomic E-state index is 12.5. The Labute approximate surface area is 137 Å². The van der Waals surface area contributed by atoms with Crippen molar-refractivity contribution in [2.24, 2.45) is 0 Å². The van der Waals surface area contributed by atoms with Crippen molar-refractivity contribution < 1.29 is 8.42 Å². The van der Waals surface area contributed by atoms with Gasteiger partial charge in [0.15, 0.2) is 0 Å². The quantitative estimate of drug-likeness (QED) is 0.823. The van der Waals surface area contributed by atoms with Gasteiger partial charge in [0.2, 0.25) is 10.0 Å². The molecule has 0 saturated carbocycles. The lowest BCUT2D eigenvalue weighted by molar-refractivity contribution is 0.469. The minimum Gasteiger partial charge on any atom is -0.370 e. The smallest absolute Gasteiger partial charge is 0.244 e. The molecule has 0 aliphatic rings. The second-order valence-corrected chi connectivity index (χ2v) is 8.36. The van der Waals surface area contributed by atoms with Crippen molar-refractivity contribution in [3.63, 3.8) is 0 Å². The fraction of sp³-hybridized carbons (Fsp3) is 0.308. The van der Waals surface area contributed by atoms with Crippen LogP contribution in [0, 0.1) is 0 Å². The van der Waals surface area contributed by atoms with Gasteiger partial charge in [-0.2, -0.15) is 4.31 Å². The van der Waals surface area contributed by atoms with Crippen molar-refractivity contribution in [3.8, 4) is 0 Å². The van der Waals surface area contributed by atoms with Crippen LogP contribution in [-0.2, 0) is 16.6 Å². The maximum Gasteiger partial charge on any atom is 0.244 e. The Morgan fingerprint density at radius 3 is 2.71 bits per heavy atom. The highest BCUT2D eigenvalue weighted by Crippen LogP contribution is 2.23. The normalized spacial score (nSPS) is 11.8. The largest absolute Gasteiger partial charge is 0.370 e. The zero-order valence-corrected chi connectivity index (χ0v) is 14.9. The molecule has 0 amide bonds. The Morgan fingerprint density at radius 2 is 2.19 bits per heavy atom. The van der Waals surface area contributed by atoms with Crippen LogP contribution in [0.5, 0.6) is 0 Å². The molecule has 0 spiro atoms. The summed E-state index contributed by atoms with van der Waals surface area (Å²) in [6.07, 6.45) is 1.38. The molecule has 0 fully saturated rings. The molecular formula is C13H16BrN3O2S2. The van der Waals surface area contributed by atoms with Gasteiger partial charge in [-0.15, -0.1) is 11.3 Å². The Morgan fingerprint density at radius 1 is 1.43 bits per heavy atom. The third-order valence-electron chi connectivity index (χ3n) is 2.80. The fourth-order valence-corrected chi connectivity index (χ4v) is 4.42. The lowest BCUT2D eigenvalue weighted by Gasteiger charge is -2.16. The summed E-state index contributed by atoms with van der Waals surface area (Å²) in [7, 11) is -1.95. The minimum absolute atomic E-state index is 0.197. The zero-order valence-electron chi connectivity index (χ0n) is 11.7. The highest BCUT2D eigenvalue weighted by Gasteiger charge is 2.21. The Hall–Kier alpha value is -0.960. The number of hydrogen-bond donors (Lipinski definition) is 1. The number of sulfonamides is 1. The van der Waals surface area contributed by atoms with E-state index >= 15 is 0 Å². The Bertz CT molecular complexity index is 698. The molecule has 1 N–H and O–H groups in total. The average molecular weight is 390 g/mol. The van der Waals surface area contributed by atoms with Crippen molar-refractivity contribution in [3.05, 3.63) is 39.1 Å². The van der Waals surface area contributed by atoms with Crippen LogP contribution in [-0.4, -0.2) is 31.3 Å².